The van der Waals surface area contributed by atoms with E-state index in [2.05, 4.69) is 5.10 Å². The van der Waals surface area contributed by atoms with E-state index in [9.17, 15) is 18.4 Å². The van der Waals surface area contributed by atoms with E-state index in [0.717, 1.165) is 0 Å². The molecule has 1 atom stereocenters. The van der Waals surface area contributed by atoms with Gasteiger partial charge in [-0.05, 0) is 25.0 Å². The van der Waals surface area contributed by atoms with Crippen molar-refractivity contribution in [2.24, 2.45) is 11.7 Å². The Morgan fingerprint density at radius 2 is 1.97 bits per heavy atom. The van der Waals surface area contributed by atoms with Gasteiger partial charge in [-0.3, -0.25) is 14.3 Å². The van der Waals surface area contributed by atoms with Crippen LogP contribution in [0, 0.1) is 5.92 Å². The van der Waals surface area contributed by atoms with Gasteiger partial charge in [0, 0.05) is 31.4 Å². The monoisotopic (exact) mass is 456 g/mol. The van der Waals surface area contributed by atoms with Gasteiger partial charge in [0.2, 0.25) is 11.8 Å². The van der Waals surface area contributed by atoms with Gasteiger partial charge in [0.05, 0.1) is 33.9 Å². The summed E-state index contributed by atoms with van der Waals surface area (Å²) in [7, 11) is 0. The number of amides is 2. The predicted octanol–water partition coefficient (Wildman–Crippen LogP) is 4.29. The van der Waals surface area contributed by atoms with Gasteiger partial charge in [0.15, 0.2) is 0 Å². The van der Waals surface area contributed by atoms with Gasteiger partial charge in [-0.15, -0.1) is 0 Å². The number of benzene rings is 1. The Balaban J connectivity index is 1.64. The van der Waals surface area contributed by atoms with Crippen LogP contribution in [0.2, 0.25) is 10.0 Å². The van der Waals surface area contributed by atoms with E-state index in [4.69, 9.17) is 28.9 Å². The highest BCUT2D eigenvalue weighted by Crippen LogP contribution is 2.44. The molecule has 0 bridgehead atoms. The molecule has 30 heavy (non-hydrogen) atoms. The number of carbonyl (C=O) groups excluding carboxylic acids is 2. The van der Waals surface area contributed by atoms with Gasteiger partial charge in [0.1, 0.15) is 5.69 Å². The lowest BCUT2D eigenvalue weighted by Crippen LogP contribution is -2.44. The van der Waals surface area contributed by atoms with E-state index in [1.807, 2.05) is 6.92 Å². The Labute approximate surface area is 181 Å². The molecular weight excluding hydrogens is 437 g/mol. The molecule has 4 rings (SSSR count). The zero-order chi connectivity index (χ0) is 21.8. The van der Waals surface area contributed by atoms with Crippen molar-refractivity contribution in [3.63, 3.8) is 0 Å². The molecule has 2 amide bonds. The summed E-state index contributed by atoms with van der Waals surface area (Å²) in [5.74, 6) is -3.84. The molecule has 160 valence electrons. The standard InChI is InChI=1S/C20H20Cl2F2N4O2/c1-10-8-27(16(29)4-11-6-20(23,24)7-11)9-15-17(19(25)30)18(26-28(10)15)12-2-3-13(21)14(22)5-12/h2-3,5,10-11H,4,6-9H2,1H3,(H2,25,30)/t10-/m1/s1. The molecular formula is C20H20Cl2F2N4O2. The maximum absolute atomic E-state index is 13.1. The second kappa shape index (κ2) is 7.50. The van der Waals surface area contributed by atoms with Gasteiger partial charge in [-0.25, -0.2) is 8.78 Å². The Kier molecular flexibility index (Phi) is 5.26. The Morgan fingerprint density at radius 3 is 2.57 bits per heavy atom. The minimum absolute atomic E-state index is 0.0714. The maximum Gasteiger partial charge on any atom is 0.252 e. The first-order valence-corrected chi connectivity index (χ1v) is 10.3. The minimum Gasteiger partial charge on any atom is -0.365 e. The molecule has 1 aliphatic heterocycles. The first kappa shape index (κ1) is 21.1. The quantitative estimate of drug-likeness (QED) is 0.744. The smallest absolute Gasteiger partial charge is 0.252 e. The van der Waals surface area contributed by atoms with E-state index < -0.39 is 11.8 Å². The van der Waals surface area contributed by atoms with Crippen molar-refractivity contribution in [1.82, 2.24) is 14.7 Å². The fourth-order valence-corrected chi connectivity index (χ4v) is 4.52. The highest BCUT2D eigenvalue weighted by atomic mass is 35.5. The number of primary amides is 1. The number of rotatable bonds is 4. The van der Waals surface area contributed by atoms with Gasteiger partial charge in [-0.1, -0.05) is 29.3 Å². The molecule has 6 nitrogen and oxygen atoms in total. The number of carbonyl (C=O) groups is 2. The number of halogens is 4. The van der Waals surface area contributed by atoms with Crippen molar-refractivity contribution in [1.29, 1.82) is 0 Å². The van der Waals surface area contributed by atoms with Crippen molar-refractivity contribution in [2.45, 2.75) is 44.7 Å². The molecule has 10 heteroatoms. The van der Waals surface area contributed by atoms with E-state index in [1.165, 1.54) is 0 Å². The molecule has 1 aliphatic carbocycles. The number of hydrogen-bond donors (Lipinski definition) is 1. The molecule has 2 aromatic rings. The third kappa shape index (κ3) is 3.78. The van der Waals surface area contributed by atoms with Crippen LogP contribution in [0.15, 0.2) is 18.2 Å². The maximum atomic E-state index is 13.1. The second-order valence-corrected chi connectivity index (χ2v) is 8.88. The topological polar surface area (TPSA) is 81.2 Å². The predicted molar refractivity (Wildman–Crippen MR) is 109 cm³/mol. The van der Waals surface area contributed by atoms with Gasteiger partial charge in [-0.2, -0.15) is 5.10 Å². The molecule has 1 saturated carbocycles. The molecule has 1 aromatic carbocycles. The zero-order valence-electron chi connectivity index (χ0n) is 16.2. The summed E-state index contributed by atoms with van der Waals surface area (Å²) in [6, 6.07) is 4.69. The zero-order valence-corrected chi connectivity index (χ0v) is 17.7. The number of alkyl halides is 2. The largest absolute Gasteiger partial charge is 0.365 e. The summed E-state index contributed by atoms with van der Waals surface area (Å²) < 4.78 is 27.9. The van der Waals surface area contributed by atoms with Crippen LogP contribution in [-0.2, 0) is 11.3 Å². The summed E-state index contributed by atoms with van der Waals surface area (Å²) in [6.07, 6.45) is -0.440. The van der Waals surface area contributed by atoms with Crippen LogP contribution in [0.4, 0.5) is 8.78 Å². The average molecular weight is 457 g/mol. The van der Waals surface area contributed by atoms with Crippen LogP contribution in [0.3, 0.4) is 0 Å². The summed E-state index contributed by atoms with van der Waals surface area (Å²) in [5.41, 5.74) is 7.35. The van der Waals surface area contributed by atoms with Gasteiger partial charge >= 0.3 is 0 Å². The minimum atomic E-state index is -2.66. The van der Waals surface area contributed by atoms with Crippen LogP contribution in [0.25, 0.3) is 11.3 Å². The van der Waals surface area contributed by atoms with E-state index >= 15 is 0 Å². The van der Waals surface area contributed by atoms with Crippen molar-refractivity contribution < 1.29 is 18.4 Å². The van der Waals surface area contributed by atoms with Crippen LogP contribution >= 0.6 is 23.2 Å². The van der Waals surface area contributed by atoms with Crippen LogP contribution in [-0.4, -0.2) is 39.0 Å². The summed E-state index contributed by atoms with van der Waals surface area (Å²) >= 11 is 12.1. The molecule has 0 radical (unpaired) electrons. The third-order valence-electron chi connectivity index (χ3n) is 5.68. The Hall–Kier alpha value is -2.19. The van der Waals surface area contributed by atoms with Crippen LogP contribution in [0.1, 0.15) is 48.3 Å². The normalized spacial score (nSPS) is 20.6. The number of nitrogens with zero attached hydrogens (tertiary/aromatic N) is 3. The highest BCUT2D eigenvalue weighted by Gasteiger charge is 2.46. The van der Waals surface area contributed by atoms with E-state index in [1.54, 1.807) is 27.8 Å². The lowest BCUT2D eigenvalue weighted by molar-refractivity contribution is -0.143. The average Bonchev–Trinajstić information content (AvgIpc) is 3.02. The van der Waals surface area contributed by atoms with Crippen molar-refractivity contribution in [2.75, 3.05) is 6.54 Å². The van der Waals surface area contributed by atoms with Crippen LogP contribution < -0.4 is 5.73 Å². The van der Waals surface area contributed by atoms with Crippen molar-refractivity contribution >= 4 is 35.0 Å². The van der Waals surface area contributed by atoms with Crippen LogP contribution in [0.5, 0.6) is 0 Å². The molecule has 0 unspecified atom stereocenters. The summed E-state index contributed by atoms with van der Waals surface area (Å²) in [5, 5.41) is 5.26. The summed E-state index contributed by atoms with van der Waals surface area (Å²) in [6.45, 7) is 2.38. The molecule has 1 fully saturated rings. The highest BCUT2D eigenvalue weighted by molar-refractivity contribution is 6.42. The number of nitrogens with two attached hydrogens (primary N) is 1. The lowest BCUT2D eigenvalue weighted by atomic mass is 9.79. The molecule has 2 heterocycles. The first-order valence-electron chi connectivity index (χ1n) is 9.58. The molecule has 0 spiro atoms. The Bertz CT molecular complexity index is 1030. The second-order valence-electron chi connectivity index (χ2n) is 8.07. The molecule has 2 aliphatic rings. The number of aromatic nitrogens is 2. The fraction of sp³-hybridized carbons (Fsp3) is 0.450. The fourth-order valence-electron chi connectivity index (χ4n) is 4.23. The van der Waals surface area contributed by atoms with E-state index in [-0.39, 0.29) is 49.2 Å². The molecule has 2 N–H and O–H groups in total. The number of fused-ring (bicyclic) bond motifs is 1. The van der Waals surface area contributed by atoms with Crippen molar-refractivity contribution in [3.8, 4) is 11.3 Å². The molecule has 1 aromatic heterocycles. The van der Waals surface area contributed by atoms with Gasteiger partial charge < -0.3 is 10.6 Å². The number of hydrogen-bond acceptors (Lipinski definition) is 3. The Morgan fingerprint density at radius 1 is 1.27 bits per heavy atom. The van der Waals surface area contributed by atoms with Crippen molar-refractivity contribution in [3.05, 3.63) is 39.5 Å². The first-order chi connectivity index (χ1) is 14.1. The van der Waals surface area contributed by atoms with E-state index in [0.29, 0.717) is 33.5 Å². The van der Waals surface area contributed by atoms with Gasteiger partial charge in [0.25, 0.3) is 5.91 Å². The third-order valence-corrected chi connectivity index (χ3v) is 6.42. The summed E-state index contributed by atoms with van der Waals surface area (Å²) in [4.78, 5) is 26.6. The SMILES string of the molecule is C[C@@H]1CN(C(=O)CC2CC(F)(F)C2)Cc2c(C(N)=O)c(-c3ccc(Cl)c(Cl)c3)nn21. The lowest BCUT2D eigenvalue weighted by Gasteiger charge is -2.37. The molecule has 0 saturated heterocycles.